The third kappa shape index (κ3) is 1.76. The summed E-state index contributed by atoms with van der Waals surface area (Å²) in [6.07, 6.45) is 2.64. The van der Waals surface area contributed by atoms with Crippen LogP contribution in [0.2, 0.25) is 0 Å². The molecular weight excluding hydrogens is 190 g/mol. The van der Waals surface area contributed by atoms with Crippen molar-refractivity contribution in [2.75, 3.05) is 0 Å². The van der Waals surface area contributed by atoms with E-state index >= 15 is 0 Å². The van der Waals surface area contributed by atoms with Crippen molar-refractivity contribution in [2.45, 2.75) is 13.0 Å². The molecule has 78 valence electrons. The van der Waals surface area contributed by atoms with Crippen LogP contribution in [0.4, 0.5) is 0 Å². The maximum absolute atomic E-state index is 10.1. The molecule has 4 nitrogen and oxygen atoms in total. The first kappa shape index (κ1) is 9.86. The second-order valence-corrected chi connectivity index (χ2v) is 3.49. The van der Waals surface area contributed by atoms with E-state index < -0.39 is 6.10 Å². The fourth-order valence-corrected chi connectivity index (χ4v) is 1.58. The van der Waals surface area contributed by atoms with Gasteiger partial charge >= 0.3 is 0 Å². The molecule has 0 aliphatic heterocycles. The maximum atomic E-state index is 10.1. The number of aryl methyl sites for hydroxylation is 2. The van der Waals surface area contributed by atoms with E-state index in [4.69, 9.17) is 0 Å². The number of rotatable bonds is 2. The Hall–Kier alpha value is -1.68. The SMILES string of the molecule is Cc1cccnc1C(O)c1ccnn1C. The molecule has 1 unspecified atom stereocenters. The highest BCUT2D eigenvalue weighted by atomic mass is 16.3. The molecule has 0 saturated heterocycles. The van der Waals surface area contributed by atoms with Crippen molar-refractivity contribution in [2.24, 2.45) is 7.05 Å². The van der Waals surface area contributed by atoms with E-state index in [1.165, 1.54) is 0 Å². The van der Waals surface area contributed by atoms with E-state index in [0.717, 1.165) is 11.3 Å². The van der Waals surface area contributed by atoms with E-state index in [2.05, 4.69) is 10.1 Å². The normalized spacial score (nSPS) is 12.7. The predicted octanol–water partition coefficient (Wildman–Crippen LogP) is 1.21. The van der Waals surface area contributed by atoms with E-state index in [-0.39, 0.29) is 0 Å². The minimum atomic E-state index is -0.710. The predicted molar refractivity (Wildman–Crippen MR) is 56.2 cm³/mol. The van der Waals surface area contributed by atoms with Crippen molar-refractivity contribution in [3.63, 3.8) is 0 Å². The summed E-state index contributed by atoms with van der Waals surface area (Å²) < 4.78 is 1.65. The summed E-state index contributed by atoms with van der Waals surface area (Å²) in [4.78, 5) is 4.18. The Morgan fingerprint density at radius 3 is 2.73 bits per heavy atom. The molecule has 15 heavy (non-hydrogen) atoms. The summed E-state index contributed by atoms with van der Waals surface area (Å²) >= 11 is 0. The molecule has 2 aromatic rings. The topological polar surface area (TPSA) is 50.9 Å². The average molecular weight is 203 g/mol. The van der Waals surface area contributed by atoms with Crippen LogP contribution in [-0.4, -0.2) is 19.9 Å². The quantitative estimate of drug-likeness (QED) is 0.798. The Bertz CT molecular complexity index is 464. The second kappa shape index (κ2) is 3.82. The molecule has 0 fully saturated rings. The number of pyridine rings is 1. The number of hydrogen-bond donors (Lipinski definition) is 1. The van der Waals surface area contributed by atoms with Gasteiger partial charge in [-0.3, -0.25) is 9.67 Å². The third-order valence-electron chi connectivity index (χ3n) is 2.45. The molecule has 2 heterocycles. The van der Waals surface area contributed by atoms with Gasteiger partial charge in [0.05, 0.1) is 11.4 Å². The summed E-state index contributed by atoms with van der Waals surface area (Å²) in [5.41, 5.74) is 2.41. The summed E-state index contributed by atoms with van der Waals surface area (Å²) in [7, 11) is 1.80. The number of hydrogen-bond acceptors (Lipinski definition) is 3. The van der Waals surface area contributed by atoms with Crippen molar-refractivity contribution in [1.29, 1.82) is 0 Å². The van der Waals surface area contributed by atoms with Crippen LogP contribution in [0.1, 0.15) is 23.1 Å². The van der Waals surface area contributed by atoms with Gasteiger partial charge in [0.2, 0.25) is 0 Å². The Morgan fingerprint density at radius 1 is 1.33 bits per heavy atom. The van der Waals surface area contributed by atoms with Gasteiger partial charge in [-0.05, 0) is 24.6 Å². The van der Waals surface area contributed by atoms with Gasteiger partial charge in [-0.1, -0.05) is 6.07 Å². The molecule has 2 rings (SSSR count). The molecule has 0 radical (unpaired) electrons. The number of nitrogens with zero attached hydrogens (tertiary/aromatic N) is 3. The van der Waals surface area contributed by atoms with Gasteiger partial charge in [0.25, 0.3) is 0 Å². The van der Waals surface area contributed by atoms with Crippen molar-refractivity contribution in [3.05, 3.63) is 47.5 Å². The lowest BCUT2D eigenvalue weighted by molar-refractivity contribution is 0.204. The number of aliphatic hydroxyl groups is 1. The zero-order chi connectivity index (χ0) is 10.8. The standard InChI is InChI=1S/C11H13N3O/c1-8-4-3-6-12-10(8)11(15)9-5-7-13-14(9)2/h3-7,11,15H,1-2H3. The lowest BCUT2D eigenvalue weighted by Gasteiger charge is -2.12. The highest BCUT2D eigenvalue weighted by Gasteiger charge is 2.16. The highest BCUT2D eigenvalue weighted by molar-refractivity contribution is 5.26. The summed E-state index contributed by atoms with van der Waals surface area (Å²) in [5.74, 6) is 0. The highest BCUT2D eigenvalue weighted by Crippen LogP contribution is 2.21. The fourth-order valence-electron chi connectivity index (χ4n) is 1.58. The lowest BCUT2D eigenvalue weighted by Crippen LogP contribution is -2.09. The first-order valence-corrected chi connectivity index (χ1v) is 4.77. The summed E-state index contributed by atoms with van der Waals surface area (Å²) in [6.45, 7) is 1.93. The van der Waals surface area contributed by atoms with Crippen LogP contribution >= 0.6 is 0 Å². The number of aliphatic hydroxyl groups excluding tert-OH is 1. The summed E-state index contributed by atoms with van der Waals surface area (Å²) in [5, 5.41) is 14.1. The van der Waals surface area contributed by atoms with Crippen LogP contribution < -0.4 is 0 Å². The van der Waals surface area contributed by atoms with Crippen LogP contribution in [0.15, 0.2) is 30.6 Å². The Labute approximate surface area is 88.2 Å². The molecule has 0 bridgehead atoms. The van der Waals surface area contributed by atoms with Crippen LogP contribution in [0.25, 0.3) is 0 Å². The fraction of sp³-hybridized carbons (Fsp3) is 0.273. The first-order chi connectivity index (χ1) is 7.20. The average Bonchev–Trinajstić information content (AvgIpc) is 2.64. The first-order valence-electron chi connectivity index (χ1n) is 4.77. The molecule has 1 N–H and O–H groups in total. The third-order valence-corrected chi connectivity index (χ3v) is 2.45. The van der Waals surface area contributed by atoms with Crippen LogP contribution in [-0.2, 0) is 7.05 Å². The Morgan fingerprint density at radius 2 is 2.13 bits per heavy atom. The van der Waals surface area contributed by atoms with Gasteiger partial charge in [-0.15, -0.1) is 0 Å². The lowest BCUT2D eigenvalue weighted by atomic mass is 10.1. The van der Waals surface area contributed by atoms with Crippen molar-refractivity contribution < 1.29 is 5.11 Å². The summed E-state index contributed by atoms with van der Waals surface area (Å²) in [6, 6.07) is 5.58. The molecule has 0 aromatic carbocycles. The molecule has 0 aliphatic rings. The Kier molecular flexibility index (Phi) is 2.51. The van der Waals surface area contributed by atoms with Crippen LogP contribution in [0.3, 0.4) is 0 Å². The minimum absolute atomic E-state index is 0.682. The zero-order valence-electron chi connectivity index (χ0n) is 8.75. The molecule has 1 atom stereocenters. The molecule has 2 aromatic heterocycles. The molecule has 0 amide bonds. The van der Waals surface area contributed by atoms with Gasteiger partial charge in [-0.2, -0.15) is 5.10 Å². The van der Waals surface area contributed by atoms with E-state index in [1.54, 1.807) is 30.2 Å². The second-order valence-electron chi connectivity index (χ2n) is 3.49. The minimum Gasteiger partial charge on any atom is -0.380 e. The smallest absolute Gasteiger partial charge is 0.138 e. The largest absolute Gasteiger partial charge is 0.380 e. The molecule has 0 saturated carbocycles. The van der Waals surface area contributed by atoms with Gasteiger partial charge < -0.3 is 5.11 Å². The van der Waals surface area contributed by atoms with Crippen molar-refractivity contribution in [3.8, 4) is 0 Å². The number of aromatic nitrogens is 3. The van der Waals surface area contributed by atoms with Gasteiger partial charge in [0, 0.05) is 19.4 Å². The van der Waals surface area contributed by atoms with Crippen molar-refractivity contribution >= 4 is 0 Å². The van der Waals surface area contributed by atoms with E-state index in [9.17, 15) is 5.11 Å². The van der Waals surface area contributed by atoms with Crippen LogP contribution in [0, 0.1) is 6.92 Å². The van der Waals surface area contributed by atoms with Crippen molar-refractivity contribution in [1.82, 2.24) is 14.8 Å². The van der Waals surface area contributed by atoms with Gasteiger partial charge in [-0.25, -0.2) is 0 Å². The monoisotopic (exact) mass is 203 g/mol. The van der Waals surface area contributed by atoms with Gasteiger partial charge in [0.1, 0.15) is 6.10 Å². The van der Waals surface area contributed by atoms with Gasteiger partial charge in [0.15, 0.2) is 0 Å². The Balaban J connectivity index is 2.41. The molecular formula is C11H13N3O. The molecule has 0 spiro atoms. The molecule has 4 heteroatoms. The van der Waals surface area contributed by atoms with E-state index in [0.29, 0.717) is 5.69 Å². The van der Waals surface area contributed by atoms with Crippen LogP contribution in [0.5, 0.6) is 0 Å². The molecule has 0 aliphatic carbocycles. The zero-order valence-corrected chi connectivity index (χ0v) is 8.75. The van der Waals surface area contributed by atoms with E-state index in [1.807, 2.05) is 19.1 Å². The maximum Gasteiger partial charge on any atom is 0.138 e.